The molecule has 0 spiro atoms. The van der Waals surface area contributed by atoms with Gasteiger partial charge in [0.1, 0.15) is 24.5 Å². The Labute approximate surface area is 134 Å². The van der Waals surface area contributed by atoms with Crippen molar-refractivity contribution in [3.05, 3.63) is 66.2 Å². The predicted molar refractivity (Wildman–Crippen MR) is 84.1 cm³/mol. The van der Waals surface area contributed by atoms with Gasteiger partial charge < -0.3 is 14.8 Å². The number of carbonyl (C=O) groups is 2. The van der Waals surface area contributed by atoms with Crippen LogP contribution in [0.3, 0.4) is 0 Å². The number of cyclic esters (lactones) is 1. The molecule has 0 saturated carbocycles. The molecule has 5 heteroatoms. The van der Waals surface area contributed by atoms with Crippen molar-refractivity contribution in [2.45, 2.75) is 18.6 Å². The minimum Gasteiger partial charge on any atom is -0.490 e. The number of ether oxygens (including phenoxy) is 2. The molecule has 0 aliphatic carbocycles. The zero-order chi connectivity index (χ0) is 16.1. The van der Waals surface area contributed by atoms with Gasteiger partial charge in [-0.05, 0) is 24.3 Å². The number of rotatable bonds is 5. The Kier molecular flexibility index (Phi) is 4.57. The summed E-state index contributed by atoms with van der Waals surface area (Å²) in [5, 5.41) is 2.70. The minimum absolute atomic E-state index is 0.271. The predicted octanol–water partition coefficient (Wildman–Crippen LogP) is 2.18. The second-order valence-electron chi connectivity index (χ2n) is 5.31. The Morgan fingerprint density at radius 1 is 1.09 bits per heavy atom. The number of amides is 1. The van der Waals surface area contributed by atoms with Crippen molar-refractivity contribution < 1.29 is 19.1 Å². The average Bonchev–Trinajstić information content (AvgIpc) is 2.94. The van der Waals surface area contributed by atoms with Gasteiger partial charge in [-0.15, -0.1) is 0 Å². The smallest absolute Gasteiger partial charge is 0.329 e. The van der Waals surface area contributed by atoms with Gasteiger partial charge in [0, 0.05) is 12.0 Å². The fourth-order valence-electron chi connectivity index (χ4n) is 2.41. The van der Waals surface area contributed by atoms with E-state index in [9.17, 15) is 9.59 Å². The normalized spacial score (nSPS) is 19.9. The lowest BCUT2D eigenvalue weighted by atomic mass is 10.1. The number of benzene rings is 2. The molecule has 0 radical (unpaired) electrons. The Hall–Kier alpha value is -2.82. The molecule has 2 atom stereocenters. The SMILES string of the molecule is O=C(N[C@H]1C[C@@H](COc2ccccc2)OC1=O)c1ccccc1. The first-order valence-corrected chi connectivity index (χ1v) is 7.46. The highest BCUT2D eigenvalue weighted by Crippen LogP contribution is 2.18. The molecule has 1 aliphatic heterocycles. The number of hydrogen-bond acceptors (Lipinski definition) is 4. The summed E-state index contributed by atoms with van der Waals surface area (Å²) in [5.74, 6) is 0.0217. The number of hydrogen-bond donors (Lipinski definition) is 1. The van der Waals surface area contributed by atoms with E-state index in [1.165, 1.54) is 0 Å². The molecule has 23 heavy (non-hydrogen) atoms. The van der Waals surface area contributed by atoms with Crippen LogP contribution in [0.2, 0.25) is 0 Å². The van der Waals surface area contributed by atoms with Crippen molar-refractivity contribution in [2.75, 3.05) is 6.61 Å². The van der Waals surface area contributed by atoms with Crippen LogP contribution >= 0.6 is 0 Å². The van der Waals surface area contributed by atoms with Gasteiger partial charge in [0.2, 0.25) is 0 Å². The molecule has 3 rings (SSSR count). The van der Waals surface area contributed by atoms with Crippen LogP contribution < -0.4 is 10.1 Å². The van der Waals surface area contributed by atoms with E-state index in [4.69, 9.17) is 9.47 Å². The Bertz CT molecular complexity index is 672. The van der Waals surface area contributed by atoms with Crippen molar-refractivity contribution in [3.63, 3.8) is 0 Å². The van der Waals surface area contributed by atoms with Crippen LogP contribution in [0.5, 0.6) is 5.75 Å². The molecule has 1 aliphatic rings. The first kappa shape index (κ1) is 15.1. The maximum atomic E-state index is 12.1. The summed E-state index contributed by atoms with van der Waals surface area (Å²) in [4.78, 5) is 24.0. The molecule has 1 heterocycles. The average molecular weight is 311 g/mol. The van der Waals surface area contributed by atoms with Gasteiger partial charge in [-0.3, -0.25) is 4.79 Å². The van der Waals surface area contributed by atoms with Crippen LogP contribution in [0.1, 0.15) is 16.8 Å². The first-order valence-electron chi connectivity index (χ1n) is 7.46. The second-order valence-corrected chi connectivity index (χ2v) is 5.31. The molecule has 2 aromatic carbocycles. The largest absolute Gasteiger partial charge is 0.490 e. The standard InChI is InChI=1S/C18H17NO4/c20-17(13-7-3-1-4-8-13)19-16-11-15(23-18(16)21)12-22-14-9-5-2-6-10-14/h1-10,15-16H,11-12H2,(H,19,20)/t15-,16-/m0/s1. The van der Waals surface area contributed by atoms with E-state index < -0.39 is 12.0 Å². The van der Waals surface area contributed by atoms with Crippen LogP contribution in [0.25, 0.3) is 0 Å². The summed E-state index contributed by atoms with van der Waals surface area (Å²) in [7, 11) is 0. The zero-order valence-electron chi connectivity index (χ0n) is 12.5. The van der Waals surface area contributed by atoms with E-state index in [1.54, 1.807) is 24.3 Å². The van der Waals surface area contributed by atoms with Gasteiger partial charge in [0.15, 0.2) is 0 Å². The van der Waals surface area contributed by atoms with Crippen LogP contribution in [0.4, 0.5) is 0 Å². The maximum absolute atomic E-state index is 12.1. The summed E-state index contributed by atoms with van der Waals surface area (Å²) in [6.07, 6.45) is 0.0494. The molecule has 1 fully saturated rings. The van der Waals surface area contributed by atoms with Gasteiger partial charge in [0.25, 0.3) is 5.91 Å². The third-order valence-electron chi connectivity index (χ3n) is 3.59. The number of carbonyl (C=O) groups excluding carboxylic acids is 2. The molecule has 1 amide bonds. The van der Waals surface area contributed by atoms with Gasteiger partial charge in [0.05, 0.1) is 0 Å². The lowest BCUT2D eigenvalue weighted by molar-refractivity contribution is -0.143. The van der Waals surface area contributed by atoms with Crippen molar-refractivity contribution >= 4 is 11.9 Å². The van der Waals surface area contributed by atoms with Crippen molar-refractivity contribution in [3.8, 4) is 5.75 Å². The third-order valence-corrected chi connectivity index (χ3v) is 3.59. The molecular weight excluding hydrogens is 294 g/mol. The van der Waals surface area contributed by atoms with E-state index in [0.29, 0.717) is 12.0 Å². The minimum atomic E-state index is -0.632. The molecule has 118 valence electrons. The van der Waals surface area contributed by atoms with Gasteiger partial charge in [-0.25, -0.2) is 4.79 Å². The van der Waals surface area contributed by atoms with E-state index in [2.05, 4.69) is 5.32 Å². The number of nitrogens with one attached hydrogen (secondary N) is 1. The fraction of sp³-hybridized carbons (Fsp3) is 0.222. The first-order chi connectivity index (χ1) is 11.2. The monoisotopic (exact) mass is 311 g/mol. The van der Waals surface area contributed by atoms with E-state index in [-0.39, 0.29) is 18.6 Å². The molecule has 0 unspecified atom stereocenters. The Morgan fingerprint density at radius 3 is 2.43 bits per heavy atom. The number of esters is 1. The fourth-order valence-corrected chi connectivity index (χ4v) is 2.41. The van der Waals surface area contributed by atoms with Crippen molar-refractivity contribution in [1.29, 1.82) is 0 Å². The second kappa shape index (κ2) is 6.96. The topological polar surface area (TPSA) is 64.6 Å². The highest BCUT2D eigenvalue weighted by atomic mass is 16.6. The van der Waals surface area contributed by atoms with Gasteiger partial charge in [-0.2, -0.15) is 0 Å². The molecular formula is C18H17NO4. The molecule has 0 aromatic heterocycles. The van der Waals surface area contributed by atoms with Crippen LogP contribution in [-0.2, 0) is 9.53 Å². The quantitative estimate of drug-likeness (QED) is 0.860. The number of para-hydroxylation sites is 1. The Balaban J connectivity index is 1.52. The van der Waals surface area contributed by atoms with Crippen molar-refractivity contribution in [1.82, 2.24) is 5.32 Å². The van der Waals surface area contributed by atoms with E-state index >= 15 is 0 Å². The molecule has 1 N–H and O–H groups in total. The summed E-state index contributed by atoms with van der Waals surface area (Å²) in [6, 6.07) is 17.5. The van der Waals surface area contributed by atoms with Crippen LogP contribution in [-0.4, -0.2) is 30.6 Å². The molecule has 5 nitrogen and oxygen atoms in total. The third kappa shape index (κ3) is 3.88. The highest BCUT2D eigenvalue weighted by molar-refractivity contribution is 5.97. The van der Waals surface area contributed by atoms with E-state index in [1.807, 2.05) is 36.4 Å². The maximum Gasteiger partial charge on any atom is 0.329 e. The van der Waals surface area contributed by atoms with Gasteiger partial charge in [-0.1, -0.05) is 36.4 Å². The molecule has 1 saturated heterocycles. The van der Waals surface area contributed by atoms with Crippen molar-refractivity contribution in [2.24, 2.45) is 0 Å². The van der Waals surface area contributed by atoms with Crippen LogP contribution in [0, 0.1) is 0 Å². The summed E-state index contributed by atoms with van der Waals surface area (Å²) < 4.78 is 10.8. The molecule has 0 bridgehead atoms. The zero-order valence-corrected chi connectivity index (χ0v) is 12.5. The van der Waals surface area contributed by atoms with Gasteiger partial charge >= 0.3 is 5.97 Å². The molecule has 2 aromatic rings. The lowest BCUT2D eigenvalue weighted by Crippen LogP contribution is -2.38. The highest BCUT2D eigenvalue weighted by Gasteiger charge is 2.36. The summed E-state index contributed by atoms with van der Waals surface area (Å²) in [6.45, 7) is 0.271. The summed E-state index contributed by atoms with van der Waals surface area (Å²) in [5.41, 5.74) is 0.518. The lowest BCUT2D eigenvalue weighted by Gasteiger charge is -2.11. The Morgan fingerprint density at radius 2 is 1.74 bits per heavy atom. The van der Waals surface area contributed by atoms with E-state index in [0.717, 1.165) is 5.75 Å². The van der Waals surface area contributed by atoms with Crippen LogP contribution in [0.15, 0.2) is 60.7 Å². The summed E-state index contributed by atoms with van der Waals surface area (Å²) >= 11 is 0.